The van der Waals surface area contributed by atoms with Crippen LogP contribution in [0.25, 0.3) is 0 Å². The fourth-order valence-electron chi connectivity index (χ4n) is 1.59. The number of carbonyl (C=O) groups excluding carboxylic acids is 1. The molecule has 0 spiro atoms. The van der Waals surface area contributed by atoms with E-state index >= 15 is 0 Å². The number of amides is 1. The van der Waals surface area contributed by atoms with Crippen molar-refractivity contribution in [1.82, 2.24) is 5.32 Å². The molecule has 1 fully saturated rings. The van der Waals surface area contributed by atoms with Gasteiger partial charge in [-0.3, -0.25) is 4.79 Å². The summed E-state index contributed by atoms with van der Waals surface area (Å²) in [5, 5.41) is 11.6. The molecule has 0 aliphatic carbocycles. The van der Waals surface area contributed by atoms with Crippen LogP contribution >= 0.6 is 11.8 Å². The molecule has 0 aromatic heterocycles. The number of hydrogen-bond acceptors (Lipinski definition) is 3. The largest absolute Gasteiger partial charge is 0.394 e. The Kier molecular flexibility index (Phi) is 5.33. The zero-order valence-electron chi connectivity index (χ0n) is 8.66. The van der Waals surface area contributed by atoms with E-state index in [1.54, 1.807) is 0 Å². The average Bonchev–Trinajstić information content (AvgIpc) is 2.19. The monoisotopic (exact) mass is 217 g/mol. The summed E-state index contributed by atoms with van der Waals surface area (Å²) in [6, 6.07) is -0.111. The van der Waals surface area contributed by atoms with Gasteiger partial charge >= 0.3 is 0 Å². The number of carbonyl (C=O) groups is 1. The Morgan fingerprint density at radius 2 is 2.21 bits per heavy atom. The molecule has 1 rings (SSSR count). The number of nitrogens with one attached hydrogen (secondary N) is 1. The van der Waals surface area contributed by atoms with Gasteiger partial charge in [0.1, 0.15) is 0 Å². The fraction of sp³-hybridized carbons (Fsp3) is 0.900. The second kappa shape index (κ2) is 6.30. The minimum atomic E-state index is -0.111. The standard InChI is InChI=1S/C10H19NO2S/c1-8(7-12)11-10(13)6-9-2-4-14-5-3-9/h8-9,12H,2-7H2,1H3,(H,11,13). The Hall–Kier alpha value is -0.220. The SMILES string of the molecule is CC(CO)NC(=O)CC1CCSCC1. The lowest BCUT2D eigenvalue weighted by atomic mass is 9.98. The third-order valence-electron chi connectivity index (χ3n) is 2.50. The lowest BCUT2D eigenvalue weighted by Crippen LogP contribution is -2.36. The van der Waals surface area contributed by atoms with Crippen molar-refractivity contribution < 1.29 is 9.90 Å². The van der Waals surface area contributed by atoms with Crippen LogP contribution in [0, 0.1) is 5.92 Å². The number of aliphatic hydroxyl groups is 1. The molecule has 1 heterocycles. The van der Waals surface area contributed by atoms with Crippen molar-refractivity contribution in [3.63, 3.8) is 0 Å². The van der Waals surface area contributed by atoms with Crippen molar-refractivity contribution in [2.45, 2.75) is 32.2 Å². The molecule has 14 heavy (non-hydrogen) atoms. The average molecular weight is 217 g/mol. The van der Waals surface area contributed by atoms with Crippen LogP contribution in [-0.2, 0) is 4.79 Å². The maximum absolute atomic E-state index is 11.5. The highest BCUT2D eigenvalue weighted by molar-refractivity contribution is 7.99. The van der Waals surface area contributed by atoms with E-state index in [9.17, 15) is 4.79 Å². The van der Waals surface area contributed by atoms with Crippen LogP contribution in [0.4, 0.5) is 0 Å². The molecule has 0 aromatic rings. The van der Waals surface area contributed by atoms with E-state index < -0.39 is 0 Å². The lowest BCUT2D eigenvalue weighted by molar-refractivity contribution is -0.122. The van der Waals surface area contributed by atoms with Crippen molar-refractivity contribution in [3.05, 3.63) is 0 Å². The maximum Gasteiger partial charge on any atom is 0.220 e. The second-order valence-electron chi connectivity index (χ2n) is 3.91. The molecular formula is C10H19NO2S. The molecule has 82 valence electrons. The van der Waals surface area contributed by atoms with Crippen LogP contribution in [-0.4, -0.2) is 35.2 Å². The fourth-order valence-corrected chi connectivity index (χ4v) is 2.80. The normalized spacial score (nSPS) is 20.4. The molecule has 1 aliphatic heterocycles. The number of rotatable bonds is 4. The van der Waals surface area contributed by atoms with E-state index in [1.807, 2.05) is 18.7 Å². The number of thioether (sulfide) groups is 1. The summed E-state index contributed by atoms with van der Waals surface area (Å²) < 4.78 is 0. The summed E-state index contributed by atoms with van der Waals surface area (Å²) >= 11 is 1.97. The van der Waals surface area contributed by atoms with Gasteiger partial charge in [-0.1, -0.05) is 0 Å². The summed E-state index contributed by atoms with van der Waals surface area (Å²) in [4.78, 5) is 11.5. The van der Waals surface area contributed by atoms with Gasteiger partial charge in [-0.05, 0) is 37.2 Å². The van der Waals surface area contributed by atoms with Gasteiger partial charge in [-0.15, -0.1) is 0 Å². The Balaban J connectivity index is 2.18. The van der Waals surface area contributed by atoms with Crippen LogP contribution in [0.15, 0.2) is 0 Å². The van der Waals surface area contributed by atoms with Crippen molar-refractivity contribution in [1.29, 1.82) is 0 Å². The highest BCUT2D eigenvalue weighted by atomic mass is 32.2. The van der Waals surface area contributed by atoms with Crippen molar-refractivity contribution in [2.24, 2.45) is 5.92 Å². The van der Waals surface area contributed by atoms with Crippen LogP contribution in [0.5, 0.6) is 0 Å². The summed E-state index contributed by atoms with van der Waals surface area (Å²) in [7, 11) is 0. The minimum absolute atomic E-state index is 0.0201. The molecule has 0 saturated carbocycles. The predicted octanol–water partition coefficient (Wildman–Crippen LogP) is 1.02. The van der Waals surface area contributed by atoms with Crippen molar-refractivity contribution >= 4 is 17.7 Å². The molecule has 0 radical (unpaired) electrons. The van der Waals surface area contributed by atoms with Crippen molar-refractivity contribution in [2.75, 3.05) is 18.1 Å². The van der Waals surface area contributed by atoms with Gasteiger partial charge < -0.3 is 10.4 Å². The molecule has 4 heteroatoms. The predicted molar refractivity (Wildman–Crippen MR) is 59.4 cm³/mol. The molecule has 0 aromatic carbocycles. The molecular weight excluding hydrogens is 198 g/mol. The molecule has 3 nitrogen and oxygen atoms in total. The van der Waals surface area contributed by atoms with E-state index in [4.69, 9.17) is 5.11 Å². The Morgan fingerprint density at radius 1 is 1.57 bits per heavy atom. The lowest BCUT2D eigenvalue weighted by Gasteiger charge is -2.21. The first-order valence-electron chi connectivity index (χ1n) is 5.20. The van der Waals surface area contributed by atoms with E-state index in [0.717, 1.165) is 12.8 Å². The quantitative estimate of drug-likeness (QED) is 0.739. The second-order valence-corrected chi connectivity index (χ2v) is 5.14. The topological polar surface area (TPSA) is 49.3 Å². The van der Waals surface area contributed by atoms with Gasteiger partial charge in [0.25, 0.3) is 0 Å². The van der Waals surface area contributed by atoms with Crippen LogP contribution < -0.4 is 5.32 Å². The number of hydrogen-bond donors (Lipinski definition) is 2. The van der Waals surface area contributed by atoms with Gasteiger partial charge in [0.05, 0.1) is 6.61 Å². The Morgan fingerprint density at radius 3 is 2.79 bits per heavy atom. The van der Waals surface area contributed by atoms with E-state index in [2.05, 4.69) is 5.32 Å². The molecule has 1 atom stereocenters. The molecule has 1 amide bonds. The van der Waals surface area contributed by atoms with Crippen LogP contribution in [0.1, 0.15) is 26.2 Å². The highest BCUT2D eigenvalue weighted by Crippen LogP contribution is 2.24. The Labute approximate surface area is 89.6 Å². The van der Waals surface area contributed by atoms with Gasteiger partial charge in [-0.25, -0.2) is 0 Å². The molecule has 0 bridgehead atoms. The summed E-state index contributed by atoms with van der Waals surface area (Å²) in [5.41, 5.74) is 0. The van der Waals surface area contributed by atoms with Crippen molar-refractivity contribution in [3.8, 4) is 0 Å². The van der Waals surface area contributed by atoms with Gasteiger partial charge in [0.2, 0.25) is 5.91 Å². The Bertz CT molecular complexity index is 181. The highest BCUT2D eigenvalue weighted by Gasteiger charge is 2.17. The van der Waals surface area contributed by atoms with E-state index in [1.165, 1.54) is 11.5 Å². The summed E-state index contributed by atoms with van der Waals surface area (Å²) in [6.45, 7) is 1.83. The first-order valence-corrected chi connectivity index (χ1v) is 6.35. The van der Waals surface area contributed by atoms with E-state index in [0.29, 0.717) is 12.3 Å². The molecule has 2 N–H and O–H groups in total. The molecule has 1 unspecified atom stereocenters. The maximum atomic E-state index is 11.5. The van der Waals surface area contributed by atoms with E-state index in [-0.39, 0.29) is 18.6 Å². The molecule has 1 aliphatic rings. The first-order chi connectivity index (χ1) is 6.72. The minimum Gasteiger partial charge on any atom is -0.394 e. The van der Waals surface area contributed by atoms with Gasteiger partial charge in [0.15, 0.2) is 0 Å². The summed E-state index contributed by atoms with van der Waals surface area (Å²) in [5.74, 6) is 3.02. The zero-order valence-corrected chi connectivity index (χ0v) is 9.48. The van der Waals surface area contributed by atoms with Crippen LogP contribution in [0.2, 0.25) is 0 Å². The third kappa shape index (κ3) is 4.33. The van der Waals surface area contributed by atoms with Crippen LogP contribution in [0.3, 0.4) is 0 Å². The summed E-state index contributed by atoms with van der Waals surface area (Å²) in [6.07, 6.45) is 2.95. The molecule has 1 saturated heterocycles. The first kappa shape index (κ1) is 11.9. The zero-order chi connectivity index (χ0) is 10.4. The van der Waals surface area contributed by atoms with Gasteiger partial charge in [0, 0.05) is 12.5 Å². The number of aliphatic hydroxyl groups excluding tert-OH is 1. The van der Waals surface area contributed by atoms with Gasteiger partial charge in [-0.2, -0.15) is 11.8 Å². The third-order valence-corrected chi connectivity index (χ3v) is 3.54. The smallest absolute Gasteiger partial charge is 0.220 e.